The predicted octanol–water partition coefficient (Wildman–Crippen LogP) is 2.77. The van der Waals surface area contributed by atoms with Gasteiger partial charge in [0.25, 0.3) is 0 Å². The number of carbonyl (C=O) groups is 3. The van der Waals surface area contributed by atoms with Crippen LogP contribution >= 0.6 is 0 Å². The van der Waals surface area contributed by atoms with Crippen molar-refractivity contribution in [2.75, 3.05) is 106 Å². The second-order valence-corrected chi connectivity index (χ2v) is 9.71. The lowest BCUT2D eigenvalue weighted by molar-refractivity contribution is -0.146. The number of aliphatic carboxylic acids is 1. The third-order valence-corrected chi connectivity index (χ3v) is 5.86. The molecule has 0 heterocycles. The minimum Gasteiger partial charge on any atom is -0.480 e. The number of carboxylic acid groups (broad SMARTS) is 1. The summed E-state index contributed by atoms with van der Waals surface area (Å²) in [6.45, 7) is 7.06. The summed E-state index contributed by atoms with van der Waals surface area (Å²) < 4.78 is 42.3. The van der Waals surface area contributed by atoms with Gasteiger partial charge in [-0.15, -0.1) is 0 Å². The van der Waals surface area contributed by atoms with E-state index >= 15 is 0 Å². The molecule has 0 saturated heterocycles. The summed E-state index contributed by atoms with van der Waals surface area (Å²) in [5.41, 5.74) is 0. The first-order chi connectivity index (χ1) is 21.1. The summed E-state index contributed by atoms with van der Waals surface area (Å²) in [7, 11) is 0. The van der Waals surface area contributed by atoms with Crippen LogP contribution in [0.1, 0.15) is 71.1 Å². The van der Waals surface area contributed by atoms with Crippen LogP contribution in [0.3, 0.4) is 0 Å². The van der Waals surface area contributed by atoms with Crippen LogP contribution in [0.15, 0.2) is 0 Å². The number of nitrogens with one attached hydrogen (secondary N) is 1. The molecule has 0 radical (unpaired) electrons. The molecule has 0 rings (SSSR count). The van der Waals surface area contributed by atoms with E-state index in [0.717, 1.165) is 12.8 Å². The lowest BCUT2D eigenvalue weighted by atomic mass is 10.1. The van der Waals surface area contributed by atoms with Crippen LogP contribution in [-0.4, -0.2) is 129 Å². The molecule has 0 aliphatic carbocycles. The summed E-state index contributed by atoms with van der Waals surface area (Å²) in [6, 6.07) is 0. The molecule has 13 heteroatoms. The lowest BCUT2D eigenvalue weighted by Crippen LogP contribution is -2.31. The maximum atomic E-state index is 11.7. The second-order valence-electron chi connectivity index (χ2n) is 9.71. The summed E-state index contributed by atoms with van der Waals surface area (Å²) in [5, 5.41) is 11.0. The van der Waals surface area contributed by atoms with Crippen molar-refractivity contribution in [2.45, 2.75) is 71.1 Å². The van der Waals surface area contributed by atoms with Crippen LogP contribution in [0.2, 0.25) is 0 Å². The number of carbonyl (C=O) groups excluding carboxylic acids is 2. The van der Waals surface area contributed by atoms with Crippen molar-refractivity contribution in [1.29, 1.82) is 0 Å². The number of amides is 1. The van der Waals surface area contributed by atoms with E-state index in [-0.39, 0.29) is 19.2 Å². The van der Waals surface area contributed by atoms with Crippen LogP contribution in [-0.2, 0) is 52.3 Å². The van der Waals surface area contributed by atoms with Crippen molar-refractivity contribution in [3.63, 3.8) is 0 Å². The number of ether oxygens (including phenoxy) is 8. The smallest absolute Gasteiger partial charge is 0.329 e. The Bertz CT molecular complexity index is 638. The predicted molar refractivity (Wildman–Crippen MR) is 159 cm³/mol. The highest BCUT2D eigenvalue weighted by Crippen LogP contribution is 2.10. The zero-order valence-corrected chi connectivity index (χ0v) is 26.3. The summed E-state index contributed by atoms with van der Waals surface area (Å²) in [5.74, 6) is -1.67. The Labute approximate surface area is 257 Å². The fraction of sp³-hybridized carbons (Fsp3) is 0.900. The van der Waals surface area contributed by atoms with Gasteiger partial charge in [0.15, 0.2) is 0 Å². The first-order valence-electron chi connectivity index (χ1n) is 15.7. The van der Waals surface area contributed by atoms with Gasteiger partial charge in [0.1, 0.15) is 19.8 Å². The quantitative estimate of drug-likeness (QED) is 0.0787. The van der Waals surface area contributed by atoms with E-state index in [4.69, 9.17) is 38.3 Å². The largest absolute Gasteiger partial charge is 0.480 e. The lowest BCUT2D eigenvalue weighted by Gasteiger charge is -2.09. The molecule has 254 valence electrons. The van der Waals surface area contributed by atoms with Gasteiger partial charge in [-0.05, 0) is 6.42 Å². The molecular weight excluding hydrogens is 566 g/mol. The van der Waals surface area contributed by atoms with Gasteiger partial charge in [-0.1, -0.05) is 58.3 Å². The number of esters is 1. The topological polar surface area (TPSA) is 157 Å². The highest BCUT2D eigenvalue weighted by molar-refractivity contribution is 5.77. The van der Waals surface area contributed by atoms with Crippen LogP contribution in [0.25, 0.3) is 0 Å². The van der Waals surface area contributed by atoms with E-state index in [1.165, 1.54) is 44.9 Å². The van der Waals surface area contributed by atoms with E-state index in [1.54, 1.807) is 0 Å². The molecule has 43 heavy (non-hydrogen) atoms. The Morgan fingerprint density at radius 1 is 0.512 bits per heavy atom. The van der Waals surface area contributed by atoms with Gasteiger partial charge < -0.3 is 48.3 Å². The number of hydrogen-bond acceptors (Lipinski definition) is 11. The van der Waals surface area contributed by atoms with Crippen LogP contribution in [0.4, 0.5) is 0 Å². The van der Waals surface area contributed by atoms with Gasteiger partial charge in [-0.3, -0.25) is 9.59 Å². The monoisotopic (exact) mass is 623 g/mol. The van der Waals surface area contributed by atoms with Crippen molar-refractivity contribution in [1.82, 2.24) is 5.32 Å². The highest BCUT2D eigenvalue weighted by atomic mass is 16.6. The molecule has 0 aromatic carbocycles. The van der Waals surface area contributed by atoms with Crippen molar-refractivity contribution < 1.29 is 57.4 Å². The van der Waals surface area contributed by atoms with Crippen LogP contribution < -0.4 is 5.32 Å². The van der Waals surface area contributed by atoms with E-state index in [0.29, 0.717) is 92.2 Å². The molecule has 0 aliphatic heterocycles. The normalized spacial score (nSPS) is 11.1. The minimum atomic E-state index is -1.12. The molecule has 0 atom stereocenters. The number of unbranched alkanes of at least 4 members (excludes halogenated alkanes) is 8. The molecule has 2 N–H and O–H groups in total. The molecular formula is C30H57NO12. The fourth-order valence-electron chi connectivity index (χ4n) is 3.61. The van der Waals surface area contributed by atoms with Gasteiger partial charge in [0, 0.05) is 13.0 Å². The Hall–Kier alpha value is -1.87. The molecule has 0 unspecified atom stereocenters. The molecule has 0 aromatic rings. The van der Waals surface area contributed by atoms with Gasteiger partial charge >= 0.3 is 11.9 Å². The zero-order valence-electron chi connectivity index (χ0n) is 26.3. The Morgan fingerprint density at radius 3 is 1.40 bits per heavy atom. The molecule has 0 spiro atoms. The maximum Gasteiger partial charge on any atom is 0.329 e. The average Bonchev–Trinajstić information content (AvgIpc) is 2.98. The Kier molecular flexibility index (Phi) is 33.1. The summed E-state index contributed by atoms with van der Waals surface area (Å²) in [4.78, 5) is 33.4. The van der Waals surface area contributed by atoms with Crippen molar-refractivity contribution in [2.24, 2.45) is 0 Å². The van der Waals surface area contributed by atoms with Gasteiger partial charge in [-0.25, -0.2) is 4.79 Å². The Balaban J connectivity index is 3.17. The minimum absolute atomic E-state index is 0.150. The van der Waals surface area contributed by atoms with E-state index in [9.17, 15) is 14.4 Å². The van der Waals surface area contributed by atoms with Gasteiger partial charge in [0.2, 0.25) is 5.91 Å². The van der Waals surface area contributed by atoms with Gasteiger partial charge in [-0.2, -0.15) is 0 Å². The van der Waals surface area contributed by atoms with E-state index in [2.05, 4.69) is 17.0 Å². The molecule has 1 amide bonds. The highest BCUT2D eigenvalue weighted by Gasteiger charge is 2.04. The third-order valence-electron chi connectivity index (χ3n) is 5.86. The second kappa shape index (κ2) is 34.6. The molecule has 0 saturated carbocycles. The number of hydrogen-bond donors (Lipinski definition) is 2. The van der Waals surface area contributed by atoms with Crippen molar-refractivity contribution >= 4 is 17.8 Å². The number of carboxylic acids is 1. The molecule has 0 bridgehead atoms. The van der Waals surface area contributed by atoms with E-state index in [1.807, 2.05) is 0 Å². The Morgan fingerprint density at radius 2 is 0.930 bits per heavy atom. The van der Waals surface area contributed by atoms with Gasteiger partial charge in [0.05, 0.1) is 79.3 Å². The molecule has 13 nitrogen and oxygen atoms in total. The molecule has 0 aromatic heterocycles. The van der Waals surface area contributed by atoms with Crippen LogP contribution in [0, 0.1) is 0 Å². The SMILES string of the molecule is CCCCCCCCCCCC(=O)OCCOCCOCCOCCOCCOCCOCCNC(=O)COCC(=O)O. The molecule has 0 aliphatic rings. The average molecular weight is 624 g/mol. The van der Waals surface area contributed by atoms with E-state index < -0.39 is 18.5 Å². The fourth-order valence-corrected chi connectivity index (χ4v) is 3.61. The third kappa shape index (κ3) is 36.2. The van der Waals surface area contributed by atoms with Crippen LogP contribution in [0.5, 0.6) is 0 Å². The summed E-state index contributed by atoms with van der Waals surface area (Å²) in [6.07, 6.45) is 11.5. The standard InChI is InChI=1S/C30H57NO12/c1-2-3-4-5-6-7-8-9-10-11-30(35)43-25-24-41-23-22-40-21-20-39-19-18-38-17-16-37-15-14-36-13-12-31-28(32)26-42-27-29(33)34/h2-27H2,1H3,(H,31,32)(H,33,34). The summed E-state index contributed by atoms with van der Waals surface area (Å²) >= 11 is 0. The first kappa shape index (κ1) is 41.1. The molecule has 0 fully saturated rings. The maximum absolute atomic E-state index is 11.7. The zero-order chi connectivity index (χ0) is 31.5. The first-order valence-corrected chi connectivity index (χ1v) is 15.7. The van der Waals surface area contributed by atoms with Crippen molar-refractivity contribution in [3.8, 4) is 0 Å². The number of rotatable bonds is 35. The van der Waals surface area contributed by atoms with Crippen molar-refractivity contribution in [3.05, 3.63) is 0 Å².